The second kappa shape index (κ2) is 7.12. The van der Waals surface area contributed by atoms with Crippen molar-refractivity contribution in [1.82, 2.24) is 0 Å². The number of hydrogen-bond donors (Lipinski definition) is 2. The first kappa shape index (κ1) is 16.1. The molecule has 2 aromatic rings. The smallest absolute Gasteiger partial charge is 0.269 e. The monoisotopic (exact) mass is 317 g/mol. The summed E-state index contributed by atoms with van der Waals surface area (Å²) in [4.78, 5) is 10.1. The fourth-order valence-corrected chi connectivity index (χ4v) is 1.83. The summed E-state index contributed by atoms with van der Waals surface area (Å²) >= 11 is 0. The molecule has 0 fully saturated rings. The highest BCUT2D eigenvalue weighted by molar-refractivity contribution is 5.88. The molecule has 0 bridgehead atoms. The van der Waals surface area contributed by atoms with Crippen molar-refractivity contribution in [3.05, 3.63) is 52.1 Å². The zero-order valence-electron chi connectivity index (χ0n) is 12.5. The first-order valence-electron chi connectivity index (χ1n) is 6.53. The third kappa shape index (κ3) is 3.88. The normalized spacial score (nSPS) is 10.5. The molecule has 0 aliphatic heterocycles. The molecule has 0 amide bonds. The Kier molecular flexibility index (Phi) is 4.98. The first-order chi connectivity index (χ1) is 11.0. The molecule has 2 rings (SSSR count). The quantitative estimate of drug-likeness (QED) is 0.482. The molecule has 8 nitrogen and oxygen atoms in total. The minimum Gasteiger partial charge on any atom is -0.507 e. The van der Waals surface area contributed by atoms with E-state index in [0.717, 1.165) is 0 Å². The Hall–Kier alpha value is -3.29. The Morgan fingerprint density at radius 2 is 1.91 bits per heavy atom. The molecule has 8 heteroatoms. The van der Waals surface area contributed by atoms with Gasteiger partial charge >= 0.3 is 0 Å². The van der Waals surface area contributed by atoms with Crippen molar-refractivity contribution in [2.24, 2.45) is 5.10 Å². The molecule has 0 saturated carbocycles. The van der Waals surface area contributed by atoms with E-state index in [0.29, 0.717) is 22.7 Å². The van der Waals surface area contributed by atoms with Gasteiger partial charge in [0.25, 0.3) is 5.69 Å². The lowest BCUT2D eigenvalue weighted by molar-refractivity contribution is -0.384. The maximum Gasteiger partial charge on any atom is 0.269 e. The zero-order chi connectivity index (χ0) is 16.8. The van der Waals surface area contributed by atoms with Gasteiger partial charge in [0.15, 0.2) is 0 Å². The number of nitrogens with one attached hydrogen (secondary N) is 1. The lowest BCUT2D eigenvalue weighted by atomic mass is 10.2. The number of benzene rings is 2. The Bertz CT molecular complexity index is 729. The first-order valence-corrected chi connectivity index (χ1v) is 6.53. The van der Waals surface area contributed by atoms with Crippen LogP contribution in [-0.4, -0.2) is 30.5 Å². The van der Waals surface area contributed by atoms with E-state index >= 15 is 0 Å². The number of phenols is 1. The van der Waals surface area contributed by atoms with E-state index in [4.69, 9.17) is 9.47 Å². The van der Waals surface area contributed by atoms with Crippen LogP contribution in [-0.2, 0) is 0 Å². The Morgan fingerprint density at radius 1 is 1.22 bits per heavy atom. The van der Waals surface area contributed by atoms with Crippen molar-refractivity contribution in [1.29, 1.82) is 0 Å². The fraction of sp³-hybridized carbons (Fsp3) is 0.133. The SMILES string of the molecule is COc1cc(O)c(C=NNc2ccc([N+](=O)[O-])cc2)c(OC)c1. The topological polar surface area (TPSA) is 106 Å². The number of hydrazone groups is 1. The lowest BCUT2D eigenvalue weighted by Gasteiger charge is -2.09. The zero-order valence-corrected chi connectivity index (χ0v) is 12.5. The summed E-state index contributed by atoms with van der Waals surface area (Å²) in [6, 6.07) is 8.84. The lowest BCUT2D eigenvalue weighted by Crippen LogP contribution is -1.96. The van der Waals surface area contributed by atoms with Crippen molar-refractivity contribution in [3.8, 4) is 17.2 Å². The van der Waals surface area contributed by atoms with Crippen LogP contribution in [0.1, 0.15) is 5.56 Å². The summed E-state index contributed by atoms with van der Waals surface area (Å²) in [7, 11) is 2.95. The average Bonchev–Trinajstić information content (AvgIpc) is 2.56. The van der Waals surface area contributed by atoms with E-state index in [2.05, 4.69) is 10.5 Å². The van der Waals surface area contributed by atoms with E-state index in [1.165, 1.54) is 50.8 Å². The minimum atomic E-state index is -0.479. The average molecular weight is 317 g/mol. The fourth-order valence-electron chi connectivity index (χ4n) is 1.83. The van der Waals surface area contributed by atoms with Crippen molar-refractivity contribution in [2.45, 2.75) is 0 Å². The van der Waals surface area contributed by atoms with Crippen LogP contribution < -0.4 is 14.9 Å². The Morgan fingerprint density at radius 3 is 2.48 bits per heavy atom. The summed E-state index contributed by atoms with van der Waals surface area (Å²) in [5, 5.41) is 24.5. The van der Waals surface area contributed by atoms with Gasteiger partial charge in [0.1, 0.15) is 17.2 Å². The van der Waals surface area contributed by atoms with E-state index < -0.39 is 4.92 Å². The summed E-state index contributed by atoms with van der Waals surface area (Å²) in [6.45, 7) is 0. The van der Waals surface area contributed by atoms with Crippen LogP contribution in [0.4, 0.5) is 11.4 Å². The largest absolute Gasteiger partial charge is 0.507 e. The van der Waals surface area contributed by atoms with Crippen molar-refractivity contribution in [2.75, 3.05) is 19.6 Å². The number of nitro groups is 1. The van der Waals surface area contributed by atoms with Gasteiger partial charge in [-0.1, -0.05) is 0 Å². The van der Waals surface area contributed by atoms with E-state index in [-0.39, 0.29) is 11.4 Å². The summed E-state index contributed by atoms with van der Waals surface area (Å²) in [5.41, 5.74) is 3.66. The maximum absolute atomic E-state index is 10.6. The number of nitro benzene ring substituents is 1. The van der Waals surface area contributed by atoms with Crippen LogP contribution >= 0.6 is 0 Å². The van der Waals surface area contributed by atoms with E-state index in [1.54, 1.807) is 6.07 Å². The van der Waals surface area contributed by atoms with Crippen LogP contribution in [0.15, 0.2) is 41.5 Å². The third-order valence-corrected chi connectivity index (χ3v) is 3.01. The van der Waals surface area contributed by atoms with Gasteiger partial charge in [-0.15, -0.1) is 0 Å². The number of rotatable bonds is 6. The van der Waals surface area contributed by atoms with E-state index in [9.17, 15) is 15.2 Å². The summed E-state index contributed by atoms with van der Waals surface area (Å²) in [5.74, 6) is 0.811. The second-order valence-electron chi connectivity index (χ2n) is 4.44. The molecule has 23 heavy (non-hydrogen) atoms. The van der Waals surface area contributed by atoms with Crippen LogP contribution in [0.5, 0.6) is 17.2 Å². The number of non-ortho nitro benzene ring substituents is 1. The number of aromatic hydroxyl groups is 1. The molecule has 0 saturated heterocycles. The molecule has 0 aromatic heterocycles. The molecular weight excluding hydrogens is 302 g/mol. The van der Waals surface area contributed by atoms with Crippen LogP contribution in [0.25, 0.3) is 0 Å². The van der Waals surface area contributed by atoms with Crippen molar-refractivity contribution >= 4 is 17.6 Å². The molecule has 0 atom stereocenters. The van der Waals surface area contributed by atoms with Gasteiger partial charge in [-0.05, 0) is 12.1 Å². The van der Waals surface area contributed by atoms with Gasteiger partial charge in [-0.2, -0.15) is 5.10 Å². The number of phenolic OH excluding ortho intramolecular Hbond substituents is 1. The molecule has 0 unspecified atom stereocenters. The standard InChI is InChI=1S/C15H15N3O5/c1-22-12-7-14(19)13(15(8-12)23-2)9-16-17-10-3-5-11(6-4-10)18(20)21/h3-9,17,19H,1-2H3. The highest BCUT2D eigenvalue weighted by atomic mass is 16.6. The Balaban J connectivity index is 2.15. The van der Waals surface area contributed by atoms with Crippen molar-refractivity contribution < 1.29 is 19.5 Å². The molecule has 2 aromatic carbocycles. The van der Waals surface area contributed by atoms with Crippen LogP contribution in [0.3, 0.4) is 0 Å². The van der Waals surface area contributed by atoms with Gasteiger partial charge < -0.3 is 14.6 Å². The van der Waals surface area contributed by atoms with Gasteiger partial charge in [0.2, 0.25) is 0 Å². The van der Waals surface area contributed by atoms with Crippen molar-refractivity contribution in [3.63, 3.8) is 0 Å². The molecule has 2 N–H and O–H groups in total. The van der Waals surface area contributed by atoms with Gasteiger partial charge in [-0.25, -0.2) is 0 Å². The predicted octanol–water partition coefficient (Wildman–Crippen LogP) is 2.76. The highest BCUT2D eigenvalue weighted by Crippen LogP contribution is 2.31. The van der Waals surface area contributed by atoms with Crippen LogP contribution in [0, 0.1) is 10.1 Å². The summed E-state index contributed by atoms with van der Waals surface area (Å²) < 4.78 is 10.2. The number of methoxy groups -OCH3 is 2. The molecule has 0 radical (unpaired) electrons. The van der Waals surface area contributed by atoms with Gasteiger partial charge in [0.05, 0.1) is 36.6 Å². The Labute approximate surface area is 132 Å². The molecule has 0 aliphatic carbocycles. The highest BCUT2D eigenvalue weighted by Gasteiger charge is 2.10. The molecule has 120 valence electrons. The predicted molar refractivity (Wildman–Crippen MR) is 85.5 cm³/mol. The van der Waals surface area contributed by atoms with Gasteiger partial charge in [0, 0.05) is 24.3 Å². The number of nitrogens with zero attached hydrogens (tertiary/aromatic N) is 2. The second-order valence-corrected chi connectivity index (χ2v) is 4.44. The number of anilines is 1. The molecular formula is C15H15N3O5. The number of hydrogen-bond acceptors (Lipinski definition) is 7. The number of ether oxygens (including phenoxy) is 2. The third-order valence-electron chi connectivity index (χ3n) is 3.01. The molecule has 0 heterocycles. The molecule has 0 spiro atoms. The molecule has 0 aliphatic rings. The minimum absolute atomic E-state index is 0.00556. The van der Waals surface area contributed by atoms with Crippen LogP contribution in [0.2, 0.25) is 0 Å². The van der Waals surface area contributed by atoms with Gasteiger partial charge in [-0.3, -0.25) is 15.5 Å². The maximum atomic E-state index is 10.6. The summed E-state index contributed by atoms with van der Waals surface area (Å²) in [6.07, 6.45) is 1.38. The van der Waals surface area contributed by atoms with E-state index in [1.807, 2.05) is 0 Å².